The topological polar surface area (TPSA) is 12.9 Å². The SMILES string of the molecule is Cc1ccc(SCc2nc(Cl)ccc2Cl)cc1. The molecule has 17 heavy (non-hydrogen) atoms. The Balaban J connectivity index is 2.07. The molecule has 0 fully saturated rings. The lowest BCUT2D eigenvalue weighted by Crippen LogP contribution is -1.89. The summed E-state index contributed by atoms with van der Waals surface area (Å²) in [5.74, 6) is 0.725. The number of hydrogen-bond acceptors (Lipinski definition) is 2. The van der Waals surface area contributed by atoms with Gasteiger partial charge in [0, 0.05) is 10.6 Å². The van der Waals surface area contributed by atoms with E-state index in [0.717, 1.165) is 11.4 Å². The quantitative estimate of drug-likeness (QED) is 0.581. The van der Waals surface area contributed by atoms with Gasteiger partial charge in [0.1, 0.15) is 5.15 Å². The van der Waals surface area contributed by atoms with Crippen molar-refractivity contribution in [3.8, 4) is 0 Å². The van der Waals surface area contributed by atoms with Gasteiger partial charge >= 0.3 is 0 Å². The predicted molar refractivity (Wildman–Crippen MR) is 75.0 cm³/mol. The summed E-state index contributed by atoms with van der Waals surface area (Å²) in [4.78, 5) is 5.42. The molecule has 2 aromatic rings. The van der Waals surface area contributed by atoms with Crippen molar-refractivity contribution in [1.29, 1.82) is 0 Å². The van der Waals surface area contributed by atoms with Crippen LogP contribution in [0, 0.1) is 6.92 Å². The molecule has 2 rings (SSSR count). The van der Waals surface area contributed by atoms with E-state index in [-0.39, 0.29) is 0 Å². The molecule has 1 nitrogen and oxygen atoms in total. The largest absolute Gasteiger partial charge is 0.239 e. The van der Waals surface area contributed by atoms with Crippen LogP contribution in [-0.4, -0.2) is 4.98 Å². The Kier molecular flexibility index (Phi) is 4.32. The van der Waals surface area contributed by atoms with Gasteiger partial charge in [0.2, 0.25) is 0 Å². The number of halogens is 2. The third-order valence-corrected chi connectivity index (χ3v) is 3.86. The molecule has 0 unspecified atom stereocenters. The van der Waals surface area contributed by atoms with E-state index in [1.807, 2.05) is 0 Å². The van der Waals surface area contributed by atoms with Crippen molar-refractivity contribution in [1.82, 2.24) is 4.98 Å². The summed E-state index contributed by atoms with van der Waals surface area (Å²) < 4.78 is 0. The molecule has 0 aliphatic carbocycles. The molecule has 0 saturated heterocycles. The first-order chi connectivity index (χ1) is 8.15. The Labute approximate surface area is 115 Å². The first-order valence-electron chi connectivity index (χ1n) is 5.15. The van der Waals surface area contributed by atoms with Crippen LogP contribution in [0.3, 0.4) is 0 Å². The van der Waals surface area contributed by atoms with Gasteiger partial charge < -0.3 is 0 Å². The van der Waals surface area contributed by atoms with Crippen LogP contribution >= 0.6 is 35.0 Å². The van der Waals surface area contributed by atoms with Gasteiger partial charge in [0.05, 0.1) is 10.7 Å². The molecule has 0 radical (unpaired) electrons. The predicted octanol–water partition coefficient (Wildman–Crippen LogP) is 4.99. The Hall–Kier alpha value is -0.700. The van der Waals surface area contributed by atoms with Crippen LogP contribution in [0.15, 0.2) is 41.3 Å². The monoisotopic (exact) mass is 283 g/mol. The Bertz CT molecular complexity index is 511. The fourth-order valence-corrected chi connectivity index (χ4v) is 2.61. The third kappa shape index (κ3) is 3.63. The van der Waals surface area contributed by atoms with E-state index >= 15 is 0 Å². The molecular weight excluding hydrogens is 273 g/mol. The number of benzene rings is 1. The molecule has 88 valence electrons. The van der Waals surface area contributed by atoms with Crippen LogP contribution in [-0.2, 0) is 5.75 Å². The maximum atomic E-state index is 6.05. The highest BCUT2D eigenvalue weighted by Crippen LogP contribution is 2.26. The summed E-state index contributed by atoms with van der Waals surface area (Å²) in [6.45, 7) is 2.07. The summed E-state index contributed by atoms with van der Waals surface area (Å²) >= 11 is 13.6. The second kappa shape index (κ2) is 5.76. The van der Waals surface area contributed by atoms with E-state index in [4.69, 9.17) is 23.2 Å². The number of hydrogen-bond donors (Lipinski definition) is 0. The zero-order valence-corrected chi connectivity index (χ0v) is 11.6. The molecule has 0 aliphatic heterocycles. The van der Waals surface area contributed by atoms with Crippen molar-refractivity contribution in [3.63, 3.8) is 0 Å². The summed E-state index contributed by atoms with van der Waals surface area (Å²) in [7, 11) is 0. The summed E-state index contributed by atoms with van der Waals surface area (Å²) in [5, 5.41) is 1.14. The first-order valence-corrected chi connectivity index (χ1v) is 6.90. The highest BCUT2D eigenvalue weighted by molar-refractivity contribution is 7.98. The first kappa shape index (κ1) is 12.7. The number of thioether (sulfide) groups is 1. The number of aromatic nitrogens is 1. The molecule has 0 aliphatic rings. The Morgan fingerprint density at radius 1 is 1.06 bits per heavy atom. The van der Waals surface area contributed by atoms with Crippen LogP contribution in [0.2, 0.25) is 10.2 Å². The van der Waals surface area contributed by atoms with Crippen LogP contribution < -0.4 is 0 Å². The minimum Gasteiger partial charge on any atom is -0.239 e. The molecule has 4 heteroatoms. The van der Waals surface area contributed by atoms with Crippen molar-refractivity contribution >= 4 is 35.0 Å². The maximum absolute atomic E-state index is 6.05. The lowest BCUT2D eigenvalue weighted by atomic mass is 10.2. The average molecular weight is 284 g/mol. The molecule has 0 saturated carbocycles. The van der Waals surface area contributed by atoms with Gasteiger partial charge in [-0.2, -0.15) is 0 Å². The maximum Gasteiger partial charge on any atom is 0.129 e. The second-order valence-corrected chi connectivity index (χ2v) is 5.51. The molecule has 0 N–H and O–H groups in total. The van der Waals surface area contributed by atoms with E-state index < -0.39 is 0 Å². The van der Waals surface area contributed by atoms with E-state index in [1.165, 1.54) is 10.5 Å². The van der Waals surface area contributed by atoms with Gasteiger partial charge in [0.25, 0.3) is 0 Å². The fraction of sp³-hybridized carbons (Fsp3) is 0.154. The minimum absolute atomic E-state index is 0.480. The fourth-order valence-electron chi connectivity index (χ4n) is 1.35. The van der Waals surface area contributed by atoms with E-state index in [1.54, 1.807) is 23.9 Å². The number of pyridine rings is 1. The highest BCUT2D eigenvalue weighted by atomic mass is 35.5. The van der Waals surface area contributed by atoms with Gasteiger partial charge in [-0.25, -0.2) is 4.98 Å². The van der Waals surface area contributed by atoms with Gasteiger partial charge in [-0.15, -0.1) is 11.8 Å². The molecule has 0 amide bonds. The van der Waals surface area contributed by atoms with Gasteiger partial charge in [-0.3, -0.25) is 0 Å². The smallest absolute Gasteiger partial charge is 0.129 e. The standard InChI is InChI=1S/C13H11Cl2NS/c1-9-2-4-10(5-3-9)17-8-12-11(14)6-7-13(15)16-12/h2-7H,8H2,1H3. The van der Waals surface area contributed by atoms with Gasteiger partial charge in [0.15, 0.2) is 0 Å². The average Bonchev–Trinajstić information content (AvgIpc) is 2.32. The Morgan fingerprint density at radius 2 is 1.76 bits per heavy atom. The minimum atomic E-state index is 0.480. The van der Waals surface area contributed by atoms with Crippen LogP contribution in [0.1, 0.15) is 11.3 Å². The summed E-state index contributed by atoms with van der Waals surface area (Å²) in [5.41, 5.74) is 2.08. The number of nitrogens with zero attached hydrogens (tertiary/aromatic N) is 1. The normalized spacial score (nSPS) is 10.5. The van der Waals surface area contributed by atoms with E-state index in [9.17, 15) is 0 Å². The Morgan fingerprint density at radius 3 is 2.47 bits per heavy atom. The number of rotatable bonds is 3. The molecule has 0 atom stereocenters. The molecule has 1 heterocycles. The second-order valence-electron chi connectivity index (χ2n) is 3.66. The lowest BCUT2D eigenvalue weighted by molar-refractivity contribution is 1.17. The number of aryl methyl sites for hydroxylation is 1. The van der Waals surface area contributed by atoms with Gasteiger partial charge in [-0.05, 0) is 31.2 Å². The van der Waals surface area contributed by atoms with Crippen molar-refractivity contribution in [2.45, 2.75) is 17.6 Å². The van der Waals surface area contributed by atoms with E-state index in [0.29, 0.717) is 10.2 Å². The third-order valence-electron chi connectivity index (χ3n) is 2.28. The molecule has 0 bridgehead atoms. The van der Waals surface area contributed by atoms with Crippen molar-refractivity contribution < 1.29 is 0 Å². The van der Waals surface area contributed by atoms with Crippen LogP contribution in [0.25, 0.3) is 0 Å². The molecule has 0 spiro atoms. The highest BCUT2D eigenvalue weighted by Gasteiger charge is 2.04. The van der Waals surface area contributed by atoms with Gasteiger partial charge in [-0.1, -0.05) is 40.9 Å². The summed E-state index contributed by atoms with van der Waals surface area (Å²) in [6.07, 6.45) is 0. The molecular formula is C13H11Cl2NS. The molecule has 1 aromatic heterocycles. The van der Waals surface area contributed by atoms with Crippen molar-refractivity contribution in [2.75, 3.05) is 0 Å². The van der Waals surface area contributed by atoms with Crippen molar-refractivity contribution in [2.24, 2.45) is 0 Å². The van der Waals surface area contributed by atoms with Crippen molar-refractivity contribution in [3.05, 3.63) is 57.8 Å². The lowest BCUT2D eigenvalue weighted by Gasteiger charge is -2.04. The zero-order chi connectivity index (χ0) is 12.3. The van der Waals surface area contributed by atoms with Crippen LogP contribution in [0.4, 0.5) is 0 Å². The zero-order valence-electron chi connectivity index (χ0n) is 9.28. The summed E-state index contributed by atoms with van der Waals surface area (Å²) in [6, 6.07) is 11.9. The van der Waals surface area contributed by atoms with E-state index in [2.05, 4.69) is 36.2 Å². The molecule has 1 aromatic carbocycles. The van der Waals surface area contributed by atoms with Crippen LogP contribution in [0.5, 0.6) is 0 Å².